The Morgan fingerprint density at radius 2 is 1.08 bits per heavy atom. The summed E-state index contributed by atoms with van der Waals surface area (Å²) in [5, 5.41) is 0.908. The molecular formula is C18H18Cl2F2N2. The van der Waals surface area contributed by atoms with Crippen molar-refractivity contribution >= 4 is 23.2 Å². The molecule has 1 aliphatic heterocycles. The third kappa shape index (κ3) is 4.06. The topological polar surface area (TPSA) is 6.48 Å². The van der Waals surface area contributed by atoms with E-state index in [0.29, 0.717) is 34.3 Å². The lowest BCUT2D eigenvalue weighted by molar-refractivity contribution is 0.120. The van der Waals surface area contributed by atoms with Crippen LogP contribution in [0.5, 0.6) is 0 Å². The Bertz CT molecular complexity index is 614. The Balaban J connectivity index is 1.58. The fraction of sp³-hybridized carbons (Fsp3) is 0.333. The first-order valence-corrected chi connectivity index (χ1v) is 8.60. The van der Waals surface area contributed by atoms with Crippen molar-refractivity contribution in [3.05, 3.63) is 69.2 Å². The highest BCUT2D eigenvalue weighted by Crippen LogP contribution is 2.23. The molecule has 0 aliphatic carbocycles. The molecule has 0 amide bonds. The van der Waals surface area contributed by atoms with E-state index >= 15 is 0 Å². The zero-order valence-electron chi connectivity index (χ0n) is 13.1. The minimum Gasteiger partial charge on any atom is -0.296 e. The lowest BCUT2D eigenvalue weighted by Gasteiger charge is -2.35. The highest BCUT2D eigenvalue weighted by molar-refractivity contribution is 6.31. The summed E-state index contributed by atoms with van der Waals surface area (Å²) in [7, 11) is 0. The van der Waals surface area contributed by atoms with Crippen molar-refractivity contribution in [1.82, 2.24) is 9.80 Å². The van der Waals surface area contributed by atoms with E-state index in [1.54, 1.807) is 24.3 Å². The van der Waals surface area contributed by atoms with E-state index < -0.39 is 0 Å². The van der Waals surface area contributed by atoms with Crippen LogP contribution in [0.25, 0.3) is 0 Å². The van der Waals surface area contributed by atoms with Gasteiger partial charge in [0.05, 0.1) is 0 Å². The van der Waals surface area contributed by atoms with E-state index in [1.807, 2.05) is 0 Å². The van der Waals surface area contributed by atoms with E-state index in [9.17, 15) is 8.78 Å². The molecule has 2 nitrogen and oxygen atoms in total. The van der Waals surface area contributed by atoms with Crippen molar-refractivity contribution in [1.29, 1.82) is 0 Å². The summed E-state index contributed by atoms with van der Waals surface area (Å²) in [4.78, 5) is 4.31. The molecule has 0 saturated carbocycles. The van der Waals surface area contributed by atoms with Crippen LogP contribution >= 0.6 is 23.2 Å². The zero-order valence-corrected chi connectivity index (χ0v) is 14.6. The summed E-state index contributed by atoms with van der Waals surface area (Å²) in [6.07, 6.45) is 0. The van der Waals surface area contributed by atoms with E-state index in [2.05, 4.69) is 9.80 Å². The molecule has 3 rings (SSSR count). The molecule has 6 heteroatoms. The van der Waals surface area contributed by atoms with Gasteiger partial charge in [0.15, 0.2) is 0 Å². The monoisotopic (exact) mass is 370 g/mol. The Labute approximate surface area is 150 Å². The molecule has 1 heterocycles. The number of hydrogen-bond donors (Lipinski definition) is 0. The molecule has 0 spiro atoms. The third-order valence-electron chi connectivity index (χ3n) is 4.35. The average molecular weight is 371 g/mol. The van der Waals surface area contributed by atoms with Gasteiger partial charge in [0.25, 0.3) is 0 Å². The molecule has 0 bridgehead atoms. The Morgan fingerprint density at radius 1 is 0.708 bits per heavy atom. The lowest BCUT2D eigenvalue weighted by Crippen LogP contribution is -2.45. The number of piperazine rings is 1. The second kappa shape index (κ2) is 7.79. The maximum absolute atomic E-state index is 13.9. The smallest absolute Gasteiger partial charge is 0.129 e. The molecule has 1 fully saturated rings. The molecule has 2 aromatic rings. The molecule has 1 saturated heterocycles. The average Bonchev–Trinajstić information content (AvgIpc) is 2.56. The predicted molar refractivity (Wildman–Crippen MR) is 93.4 cm³/mol. The van der Waals surface area contributed by atoms with E-state index in [0.717, 1.165) is 26.2 Å². The summed E-state index contributed by atoms with van der Waals surface area (Å²) in [5.74, 6) is -0.550. The molecule has 128 valence electrons. The van der Waals surface area contributed by atoms with Crippen LogP contribution in [0.15, 0.2) is 36.4 Å². The molecule has 0 aromatic heterocycles. The van der Waals surface area contributed by atoms with Crippen LogP contribution < -0.4 is 0 Å². The standard InChI is InChI=1S/C18H18Cl2F2N2/c19-15-3-1-5-17(21)13(15)11-23-7-9-24(10-8-23)12-14-16(20)4-2-6-18(14)22/h1-6H,7-12H2. The number of benzene rings is 2. The van der Waals surface area contributed by atoms with Crippen LogP contribution in [0, 0.1) is 11.6 Å². The summed E-state index contributed by atoms with van der Waals surface area (Å²) < 4.78 is 27.8. The number of rotatable bonds is 4. The van der Waals surface area contributed by atoms with Crippen molar-refractivity contribution in [3.8, 4) is 0 Å². The van der Waals surface area contributed by atoms with Crippen molar-refractivity contribution in [2.75, 3.05) is 26.2 Å². The Hall–Kier alpha value is -1.20. The maximum atomic E-state index is 13.9. The fourth-order valence-corrected chi connectivity index (χ4v) is 3.37. The third-order valence-corrected chi connectivity index (χ3v) is 5.06. The second-order valence-corrected chi connectivity index (χ2v) is 6.77. The summed E-state index contributed by atoms with van der Waals surface area (Å²) in [6, 6.07) is 9.48. The second-order valence-electron chi connectivity index (χ2n) is 5.95. The van der Waals surface area contributed by atoms with Crippen LogP contribution in [0.2, 0.25) is 10.0 Å². The first-order valence-electron chi connectivity index (χ1n) is 7.85. The first kappa shape index (κ1) is 17.6. The van der Waals surface area contributed by atoms with Crippen LogP contribution in [-0.4, -0.2) is 36.0 Å². The van der Waals surface area contributed by atoms with Gasteiger partial charge in [-0.05, 0) is 24.3 Å². The SMILES string of the molecule is Fc1cccc(Cl)c1CN1CCN(Cc2c(F)cccc2Cl)CC1. The van der Waals surface area contributed by atoms with Crippen LogP contribution in [0.3, 0.4) is 0 Å². The quantitative estimate of drug-likeness (QED) is 0.776. The van der Waals surface area contributed by atoms with E-state index in [-0.39, 0.29) is 11.6 Å². The lowest BCUT2D eigenvalue weighted by atomic mass is 10.1. The Kier molecular flexibility index (Phi) is 5.72. The van der Waals surface area contributed by atoms with Gasteiger partial charge in [-0.25, -0.2) is 8.78 Å². The molecule has 0 N–H and O–H groups in total. The molecule has 24 heavy (non-hydrogen) atoms. The van der Waals surface area contributed by atoms with Crippen LogP contribution in [-0.2, 0) is 13.1 Å². The molecule has 0 radical (unpaired) electrons. The van der Waals surface area contributed by atoms with Gasteiger partial charge in [-0.1, -0.05) is 35.3 Å². The van der Waals surface area contributed by atoms with Gasteiger partial charge in [-0.15, -0.1) is 0 Å². The maximum Gasteiger partial charge on any atom is 0.129 e. The van der Waals surface area contributed by atoms with Gasteiger partial charge in [0.2, 0.25) is 0 Å². The first-order chi connectivity index (χ1) is 11.5. The van der Waals surface area contributed by atoms with Gasteiger partial charge in [-0.3, -0.25) is 9.80 Å². The van der Waals surface area contributed by atoms with E-state index in [1.165, 1.54) is 12.1 Å². The fourth-order valence-electron chi connectivity index (χ4n) is 2.92. The molecule has 0 atom stereocenters. The minimum absolute atomic E-state index is 0.275. The summed E-state index contributed by atoms with van der Waals surface area (Å²) in [5.41, 5.74) is 1.06. The van der Waals surface area contributed by atoms with Gasteiger partial charge >= 0.3 is 0 Å². The van der Waals surface area contributed by atoms with Crippen LogP contribution in [0.1, 0.15) is 11.1 Å². The van der Waals surface area contributed by atoms with Crippen molar-refractivity contribution in [2.45, 2.75) is 13.1 Å². The normalized spacial score (nSPS) is 16.5. The largest absolute Gasteiger partial charge is 0.296 e. The van der Waals surface area contributed by atoms with Gasteiger partial charge in [0, 0.05) is 60.4 Å². The van der Waals surface area contributed by atoms with Gasteiger partial charge in [-0.2, -0.15) is 0 Å². The Morgan fingerprint density at radius 3 is 1.42 bits per heavy atom. The molecule has 1 aliphatic rings. The molecule has 0 unspecified atom stereocenters. The van der Waals surface area contributed by atoms with Crippen molar-refractivity contribution in [2.24, 2.45) is 0 Å². The highest BCUT2D eigenvalue weighted by Gasteiger charge is 2.21. The summed E-state index contributed by atoms with van der Waals surface area (Å²) in [6.45, 7) is 4.07. The van der Waals surface area contributed by atoms with Crippen LogP contribution in [0.4, 0.5) is 8.78 Å². The van der Waals surface area contributed by atoms with Gasteiger partial charge in [0.1, 0.15) is 11.6 Å². The highest BCUT2D eigenvalue weighted by atomic mass is 35.5. The molecular weight excluding hydrogens is 353 g/mol. The minimum atomic E-state index is -0.275. The van der Waals surface area contributed by atoms with Crippen molar-refractivity contribution < 1.29 is 8.78 Å². The number of nitrogens with zero attached hydrogens (tertiary/aromatic N) is 2. The predicted octanol–water partition coefficient (Wildman–Crippen LogP) is 4.59. The summed E-state index contributed by atoms with van der Waals surface area (Å²) >= 11 is 12.2. The van der Waals surface area contributed by atoms with Crippen molar-refractivity contribution in [3.63, 3.8) is 0 Å². The zero-order chi connectivity index (χ0) is 17.1. The number of hydrogen-bond acceptors (Lipinski definition) is 2. The molecule has 2 aromatic carbocycles. The number of halogens is 4. The van der Waals surface area contributed by atoms with E-state index in [4.69, 9.17) is 23.2 Å². The van der Waals surface area contributed by atoms with Gasteiger partial charge < -0.3 is 0 Å².